The van der Waals surface area contributed by atoms with Crippen LogP contribution in [0.15, 0.2) is 12.4 Å². The number of carbonyl (C=O) groups excluding carboxylic acids is 2. The van der Waals surface area contributed by atoms with Crippen LogP contribution >= 0.6 is 0 Å². The molecule has 0 aromatic carbocycles. The summed E-state index contributed by atoms with van der Waals surface area (Å²) in [5.41, 5.74) is 1.42. The zero-order valence-electron chi connectivity index (χ0n) is 19.3. The second-order valence-corrected chi connectivity index (χ2v) is 7.92. The average molecular weight is 451 g/mol. The van der Waals surface area contributed by atoms with Gasteiger partial charge in [-0.2, -0.15) is 0 Å². The summed E-state index contributed by atoms with van der Waals surface area (Å²) in [4.78, 5) is 23.1. The molecular weight excluding hydrogens is 416 g/mol. The van der Waals surface area contributed by atoms with E-state index in [0.717, 1.165) is 0 Å². The van der Waals surface area contributed by atoms with E-state index in [1.54, 1.807) is 21.8 Å². The minimum absolute atomic E-state index is 0.0118. The lowest BCUT2D eigenvalue weighted by atomic mass is 10.2. The van der Waals surface area contributed by atoms with Crippen molar-refractivity contribution in [2.75, 3.05) is 26.4 Å². The van der Waals surface area contributed by atoms with Crippen LogP contribution in [0.3, 0.4) is 0 Å². The fraction of sp³-hybridized carbons (Fsp3) is 0.700. The molecule has 0 aliphatic heterocycles. The summed E-state index contributed by atoms with van der Waals surface area (Å²) >= 11 is 0. The molecule has 0 saturated heterocycles. The largest absolute Gasteiger partial charge is 0.377 e. The molecule has 0 saturated carbocycles. The lowest BCUT2D eigenvalue weighted by molar-refractivity contribution is -0.124. The first-order valence-electron chi connectivity index (χ1n) is 10.8. The van der Waals surface area contributed by atoms with Crippen molar-refractivity contribution in [1.82, 2.24) is 40.6 Å². The van der Waals surface area contributed by atoms with Gasteiger partial charge in [0.15, 0.2) is 0 Å². The van der Waals surface area contributed by atoms with Gasteiger partial charge in [-0.25, -0.2) is 9.36 Å². The molecule has 12 heteroatoms. The van der Waals surface area contributed by atoms with Crippen LogP contribution in [0, 0.1) is 11.8 Å². The van der Waals surface area contributed by atoms with E-state index in [1.165, 1.54) is 0 Å². The number of carbonyl (C=O) groups is 2. The summed E-state index contributed by atoms with van der Waals surface area (Å²) in [5, 5.41) is 21.7. The number of ether oxygens (including phenoxy) is 2. The molecule has 2 heterocycles. The van der Waals surface area contributed by atoms with E-state index in [4.69, 9.17) is 9.47 Å². The van der Waals surface area contributed by atoms with Gasteiger partial charge in [0, 0.05) is 11.8 Å². The molecule has 2 rings (SSSR count). The first-order valence-corrected chi connectivity index (χ1v) is 10.8. The maximum atomic E-state index is 11.6. The van der Waals surface area contributed by atoms with Gasteiger partial charge in [-0.15, -0.1) is 10.2 Å². The average Bonchev–Trinajstić information content (AvgIpc) is 3.41. The summed E-state index contributed by atoms with van der Waals surface area (Å²) in [7, 11) is 0. The van der Waals surface area contributed by atoms with Crippen LogP contribution in [0.5, 0.6) is 0 Å². The van der Waals surface area contributed by atoms with Crippen molar-refractivity contribution in [3.8, 4) is 0 Å². The molecule has 2 aromatic rings. The third kappa shape index (κ3) is 9.52. The van der Waals surface area contributed by atoms with E-state index >= 15 is 0 Å². The Balaban J connectivity index is 1.49. The van der Waals surface area contributed by atoms with Gasteiger partial charge >= 0.3 is 0 Å². The fourth-order valence-electron chi connectivity index (χ4n) is 2.46. The van der Waals surface area contributed by atoms with Crippen LogP contribution in [-0.4, -0.2) is 68.2 Å². The lowest BCUT2D eigenvalue weighted by Gasteiger charge is -2.06. The normalized spacial score (nSPS) is 11.3. The summed E-state index contributed by atoms with van der Waals surface area (Å²) in [6.07, 6.45) is 3.59. The number of amides is 2. The molecule has 0 aliphatic carbocycles. The summed E-state index contributed by atoms with van der Waals surface area (Å²) < 4.78 is 14.5. The van der Waals surface area contributed by atoms with Gasteiger partial charge in [-0.3, -0.25) is 9.59 Å². The van der Waals surface area contributed by atoms with E-state index in [9.17, 15) is 9.59 Å². The Labute approximate surface area is 188 Å². The van der Waals surface area contributed by atoms with Crippen molar-refractivity contribution in [2.24, 2.45) is 11.8 Å². The maximum absolute atomic E-state index is 11.6. The molecule has 2 N–H and O–H groups in total. The van der Waals surface area contributed by atoms with Crippen LogP contribution in [-0.2, 0) is 45.2 Å². The highest BCUT2D eigenvalue weighted by atomic mass is 16.5. The minimum atomic E-state index is -0.0573. The molecular formula is C20H34N8O4. The van der Waals surface area contributed by atoms with E-state index in [-0.39, 0.29) is 23.7 Å². The Kier molecular flexibility index (Phi) is 10.7. The summed E-state index contributed by atoms with van der Waals surface area (Å²) in [6, 6.07) is 0. The number of aromatic nitrogens is 6. The molecule has 0 atom stereocenters. The van der Waals surface area contributed by atoms with Gasteiger partial charge in [0.2, 0.25) is 11.8 Å². The van der Waals surface area contributed by atoms with Gasteiger partial charge < -0.3 is 20.1 Å². The van der Waals surface area contributed by atoms with Crippen molar-refractivity contribution in [3.05, 3.63) is 23.8 Å². The van der Waals surface area contributed by atoms with Crippen molar-refractivity contribution >= 4 is 11.8 Å². The Bertz CT molecular complexity index is 765. The molecule has 0 aliphatic rings. The Morgan fingerprint density at radius 3 is 1.56 bits per heavy atom. The highest BCUT2D eigenvalue weighted by Gasteiger charge is 2.09. The molecule has 178 valence electrons. The van der Waals surface area contributed by atoms with Crippen LogP contribution < -0.4 is 10.6 Å². The molecule has 0 fully saturated rings. The quantitative estimate of drug-likeness (QED) is 0.366. The van der Waals surface area contributed by atoms with E-state index in [1.807, 2.05) is 27.7 Å². The molecule has 2 amide bonds. The zero-order chi connectivity index (χ0) is 23.3. The second-order valence-electron chi connectivity index (χ2n) is 7.92. The van der Waals surface area contributed by atoms with Crippen molar-refractivity contribution in [1.29, 1.82) is 0 Å². The highest BCUT2D eigenvalue weighted by molar-refractivity contribution is 5.78. The van der Waals surface area contributed by atoms with Crippen LogP contribution in [0.1, 0.15) is 39.1 Å². The molecule has 0 spiro atoms. The standard InChI is InChI=1S/C20H34N8O4/c1-15(2)19(29)21-11-17-13-27(25-23-17)5-7-31-9-10-32-8-6-28-14-18(24-26-28)12-22-20(30)16(3)4/h13-16H,5-12H2,1-4H3,(H,21,29)(H,22,30). The first kappa shape index (κ1) is 25.4. The number of hydrogen-bond donors (Lipinski definition) is 2. The lowest BCUT2D eigenvalue weighted by Crippen LogP contribution is -2.27. The number of nitrogens with zero attached hydrogens (tertiary/aromatic N) is 6. The zero-order valence-corrected chi connectivity index (χ0v) is 19.3. The molecule has 0 radical (unpaired) electrons. The topological polar surface area (TPSA) is 138 Å². The van der Waals surface area contributed by atoms with Gasteiger partial charge in [0.05, 0.1) is 65.0 Å². The number of hydrogen-bond acceptors (Lipinski definition) is 8. The summed E-state index contributed by atoms with van der Waals surface area (Å²) in [6.45, 7) is 11.1. The number of rotatable bonds is 15. The Morgan fingerprint density at radius 1 is 0.781 bits per heavy atom. The van der Waals surface area contributed by atoms with Crippen molar-refractivity contribution < 1.29 is 19.1 Å². The van der Waals surface area contributed by atoms with Crippen molar-refractivity contribution in [2.45, 2.75) is 53.9 Å². The number of nitrogens with one attached hydrogen (secondary N) is 2. The van der Waals surface area contributed by atoms with Crippen LogP contribution in [0.25, 0.3) is 0 Å². The molecule has 0 unspecified atom stereocenters. The SMILES string of the molecule is CC(C)C(=O)NCc1cn(CCOCCOCCn2cc(CNC(=O)C(C)C)nn2)nn1. The fourth-order valence-corrected chi connectivity index (χ4v) is 2.46. The third-order valence-corrected chi connectivity index (χ3v) is 4.41. The predicted molar refractivity (Wildman–Crippen MR) is 115 cm³/mol. The Morgan fingerprint density at radius 2 is 1.19 bits per heavy atom. The van der Waals surface area contributed by atoms with Gasteiger partial charge in [-0.1, -0.05) is 38.1 Å². The van der Waals surface area contributed by atoms with E-state index in [0.29, 0.717) is 64.0 Å². The third-order valence-electron chi connectivity index (χ3n) is 4.41. The molecule has 12 nitrogen and oxygen atoms in total. The van der Waals surface area contributed by atoms with Crippen LogP contribution in [0.2, 0.25) is 0 Å². The maximum Gasteiger partial charge on any atom is 0.222 e. The highest BCUT2D eigenvalue weighted by Crippen LogP contribution is 1.97. The van der Waals surface area contributed by atoms with Gasteiger partial charge in [-0.05, 0) is 0 Å². The smallest absolute Gasteiger partial charge is 0.222 e. The second kappa shape index (κ2) is 13.5. The summed E-state index contributed by atoms with van der Waals surface area (Å²) in [5.74, 6) is -0.138. The van der Waals surface area contributed by atoms with Crippen LogP contribution in [0.4, 0.5) is 0 Å². The van der Waals surface area contributed by atoms with Gasteiger partial charge in [0.25, 0.3) is 0 Å². The van der Waals surface area contributed by atoms with E-state index in [2.05, 4.69) is 31.3 Å². The minimum Gasteiger partial charge on any atom is -0.377 e. The van der Waals surface area contributed by atoms with Gasteiger partial charge in [0.1, 0.15) is 11.4 Å². The molecule has 0 bridgehead atoms. The van der Waals surface area contributed by atoms with E-state index < -0.39 is 0 Å². The monoisotopic (exact) mass is 450 g/mol. The first-order chi connectivity index (χ1) is 15.3. The predicted octanol–water partition coefficient (Wildman–Crippen LogP) is 0.147. The molecule has 32 heavy (non-hydrogen) atoms. The van der Waals surface area contributed by atoms with Crippen molar-refractivity contribution in [3.63, 3.8) is 0 Å². The Hall–Kier alpha value is -2.86. The molecule has 2 aromatic heterocycles.